The number of hydrogen-bond acceptors (Lipinski definition) is 6. The summed E-state index contributed by atoms with van der Waals surface area (Å²) in [4.78, 5) is 28.8. The number of benzene rings is 4. The molecule has 7 nitrogen and oxygen atoms in total. The van der Waals surface area contributed by atoms with Gasteiger partial charge in [-0.2, -0.15) is 0 Å². The van der Waals surface area contributed by atoms with Crippen LogP contribution >= 0.6 is 11.8 Å². The van der Waals surface area contributed by atoms with Crippen molar-refractivity contribution in [2.45, 2.75) is 89.0 Å². The van der Waals surface area contributed by atoms with Crippen molar-refractivity contribution >= 4 is 30.5 Å². The summed E-state index contributed by atoms with van der Waals surface area (Å²) in [5.41, 5.74) is 1.53. The standard InChI is InChI=1S/C43H52N2O5SSi/c1-32-28-45(41(47)44-39(32)46)40(51-42(2,3)4)38(49-30-34-22-14-9-15-23-34)37(48-29-33-20-12-8-13-21-33)31-50-52(43(5,6)7,35-24-16-10-17-25-35)36-26-18-11-19-27-36/h8-28,37-38,40H,29-31H2,1-7H3,(H,44,46,47)/t37-,38+,40-/m0/s1. The lowest BCUT2D eigenvalue weighted by Gasteiger charge is -2.44. The van der Waals surface area contributed by atoms with E-state index >= 15 is 0 Å². The first kappa shape index (κ1) is 39.2. The van der Waals surface area contributed by atoms with Gasteiger partial charge in [-0.3, -0.25) is 14.3 Å². The molecular formula is C43H52N2O5SSi. The second-order valence-corrected chi connectivity index (χ2v) is 21.4. The van der Waals surface area contributed by atoms with Crippen molar-refractivity contribution in [1.29, 1.82) is 0 Å². The van der Waals surface area contributed by atoms with Crippen LogP contribution in [0.5, 0.6) is 0 Å². The van der Waals surface area contributed by atoms with Gasteiger partial charge in [-0.1, -0.05) is 163 Å². The minimum absolute atomic E-state index is 0.192. The maximum absolute atomic E-state index is 13.7. The fourth-order valence-corrected chi connectivity index (χ4v) is 12.5. The normalized spacial score (nSPS) is 14.1. The van der Waals surface area contributed by atoms with Crippen LogP contribution in [0.4, 0.5) is 0 Å². The van der Waals surface area contributed by atoms with Gasteiger partial charge >= 0.3 is 5.69 Å². The van der Waals surface area contributed by atoms with Gasteiger partial charge in [0.2, 0.25) is 0 Å². The highest BCUT2D eigenvalue weighted by Crippen LogP contribution is 2.41. The van der Waals surface area contributed by atoms with E-state index in [1.807, 2.05) is 72.8 Å². The van der Waals surface area contributed by atoms with Crippen LogP contribution in [0.1, 0.15) is 63.6 Å². The summed E-state index contributed by atoms with van der Waals surface area (Å²) in [5, 5.41) is 1.46. The minimum Gasteiger partial charge on any atom is -0.405 e. The average molecular weight is 737 g/mol. The van der Waals surface area contributed by atoms with E-state index < -0.39 is 37.1 Å². The fourth-order valence-electron chi connectivity index (χ4n) is 6.54. The van der Waals surface area contributed by atoms with Crippen LogP contribution in [-0.4, -0.2) is 41.4 Å². The van der Waals surface area contributed by atoms with Gasteiger partial charge in [0.25, 0.3) is 13.9 Å². The molecule has 0 spiro atoms. The Kier molecular flexibility index (Phi) is 13.0. The molecule has 0 bridgehead atoms. The quantitative estimate of drug-likeness (QED) is 0.111. The van der Waals surface area contributed by atoms with E-state index in [1.54, 1.807) is 29.4 Å². The Balaban J connectivity index is 1.68. The topological polar surface area (TPSA) is 82.6 Å². The van der Waals surface area contributed by atoms with E-state index in [4.69, 9.17) is 13.9 Å². The molecule has 0 saturated heterocycles. The van der Waals surface area contributed by atoms with Crippen molar-refractivity contribution in [2.24, 2.45) is 0 Å². The monoisotopic (exact) mass is 736 g/mol. The number of H-pyrrole nitrogens is 1. The van der Waals surface area contributed by atoms with Gasteiger partial charge in [0, 0.05) is 16.5 Å². The Labute approximate surface area is 313 Å². The van der Waals surface area contributed by atoms with Crippen LogP contribution in [0.2, 0.25) is 5.04 Å². The molecule has 0 radical (unpaired) electrons. The molecule has 0 saturated carbocycles. The van der Waals surface area contributed by atoms with Gasteiger partial charge < -0.3 is 13.9 Å². The molecule has 0 fully saturated rings. The zero-order valence-corrected chi connectivity index (χ0v) is 33.2. The first-order chi connectivity index (χ1) is 24.8. The van der Waals surface area contributed by atoms with Crippen molar-refractivity contribution < 1.29 is 13.9 Å². The van der Waals surface area contributed by atoms with E-state index in [1.165, 1.54) is 0 Å². The van der Waals surface area contributed by atoms with Crippen LogP contribution in [0.25, 0.3) is 0 Å². The Morgan fingerprint density at radius 3 is 1.62 bits per heavy atom. The van der Waals surface area contributed by atoms with Gasteiger partial charge in [-0.25, -0.2) is 4.79 Å². The molecule has 5 aromatic rings. The van der Waals surface area contributed by atoms with Crippen molar-refractivity contribution in [3.8, 4) is 0 Å². The largest absolute Gasteiger partial charge is 0.405 e. The number of nitrogens with one attached hydrogen (secondary N) is 1. The SMILES string of the molecule is Cc1cn([C@@H](SC(C)(C)C)[C@H](OCc2ccccc2)[C@H](CO[Si](c2ccccc2)(c2ccccc2)C(C)(C)C)OCc2ccccc2)c(=O)[nH]c1=O. The molecule has 1 heterocycles. The van der Waals surface area contributed by atoms with Crippen molar-refractivity contribution in [2.75, 3.05) is 6.61 Å². The maximum Gasteiger partial charge on any atom is 0.329 e. The van der Waals surface area contributed by atoms with Gasteiger partial charge in [0.05, 0.1) is 19.8 Å². The lowest BCUT2D eigenvalue weighted by molar-refractivity contribution is -0.109. The smallest absolute Gasteiger partial charge is 0.329 e. The van der Waals surface area contributed by atoms with Crippen molar-refractivity contribution in [1.82, 2.24) is 9.55 Å². The number of rotatable bonds is 15. The molecule has 4 aromatic carbocycles. The number of aryl methyl sites for hydroxylation is 1. The first-order valence-electron chi connectivity index (χ1n) is 17.8. The number of nitrogens with zero attached hydrogens (tertiary/aromatic N) is 1. The Morgan fingerprint density at radius 2 is 1.15 bits per heavy atom. The van der Waals surface area contributed by atoms with E-state index in [0.717, 1.165) is 21.5 Å². The third kappa shape index (κ3) is 9.70. The molecule has 5 rings (SSSR count). The predicted octanol–water partition coefficient (Wildman–Crippen LogP) is 7.62. The lowest BCUT2D eigenvalue weighted by Crippen LogP contribution is -2.67. The lowest BCUT2D eigenvalue weighted by atomic mass is 10.1. The molecule has 0 aliphatic heterocycles. The van der Waals surface area contributed by atoms with Crippen LogP contribution in [0.15, 0.2) is 137 Å². The van der Waals surface area contributed by atoms with Gasteiger partial charge in [-0.05, 0) is 33.5 Å². The van der Waals surface area contributed by atoms with Crippen molar-refractivity contribution in [3.63, 3.8) is 0 Å². The maximum atomic E-state index is 13.7. The minimum atomic E-state index is -3.00. The van der Waals surface area contributed by atoms with Gasteiger partial charge in [-0.15, -0.1) is 11.8 Å². The van der Waals surface area contributed by atoms with Crippen molar-refractivity contribution in [3.05, 3.63) is 165 Å². The number of thioether (sulfide) groups is 1. The zero-order valence-electron chi connectivity index (χ0n) is 31.4. The predicted molar refractivity (Wildman–Crippen MR) is 216 cm³/mol. The highest BCUT2D eigenvalue weighted by Gasteiger charge is 2.51. The summed E-state index contributed by atoms with van der Waals surface area (Å²) in [7, 11) is -3.00. The van der Waals surface area contributed by atoms with Crippen LogP contribution < -0.4 is 21.6 Å². The summed E-state index contributed by atoms with van der Waals surface area (Å²) in [6, 6.07) is 41.1. The molecule has 0 amide bonds. The van der Waals surface area contributed by atoms with Gasteiger partial charge in [0.1, 0.15) is 17.6 Å². The van der Waals surface area contributed by atoms with Crippen LogP contribution in [0.3, 0.4) is 0 Å². The second kappa shape index (κ2) is 17.2. The Hall–Kier alpha value is -3.99. The zero-order chi connectivity index (χ0) is 37.4. The number of hydrogen-bond donors (Lipinski definition) is 1. The van der Waals surface area contributed by atoms with E-state index in [0.29, 0.717) is 12.2 Å². The molecule has 0 aliphatic rings. The number of aromatic nitrogens is 2. The first-order valence-corrected chi connectivity index (χ1v) is 20.6. The van der Waals surface area contributed by atoms with Gasteiger partial charge in [0.15, 0.2) is 0 Å². The summed E-state index contributed by atoms with van der Waals surface area (Å²) < 4.78 is 22.7. The molecule has 1 N–H and O–H groups in total. The van der Waals surface area contributed by atoms with Crippen LogP contribution in [0, 0.1) is 6.92 Å². The highest BCUT2D eigenvalue weighted by atomic mass is 32.2. The summed E-state index contributed by atoms with van der Waals surface area (Å²) in [6.45, 7) is 15.6. The molecule has 52 heavy (non-hydrogen) atoms. The molecule has 1 aromatic heterocycles. The highest BCUT2D eigenvalue weighted by molar-refractivity contribution is 8.00. The second-order valence-electron chi connectivity index (χ2n) is 15.2. The Bertz CT molecular complexity index is 1920. The summed E-state index contributed by atoms with van der Waals surface area (Å²) in [5.74, 6) is 0. The van der Waals surface area contributed by atoms with E-state index in [2.05, 4.69) is 95.1 Å². The third-order valence-corrected chi connectivity index (χ3v) is 15.5. The fraction of sp³-hybridized carbons (Fsp3) is 0.349. The molecule has 9 heteroatoms. The molecule has 3 atom stereocenters. The number of aromatic amines is 1. The average Bonchev–Trinajstić information content (AvgIpc) is 3.12. The third-order valence-electron chi connectivity index (χ3n) is 9.01. The van der Waals surface area contributed by atoms with Crippen LogP contribution in [-0.2, 0) is 27.1 Å². The van der Waals surface area contributed by atoms with E-state index in [9.17, 15) is 9.59 Å². The molecule has 0 unspecified atom stereocenters. The molecule has 274 valence electrons. The molecule has 0 aliphatic carbocycles. The molecular weight excluding hydrogens is 685 g/mol. The van der Waals surface area contributed by atoms with E-state index in [-0.39, 0.29) is 23.0 Å². The summed E-state index contributed by atoms with van der Waals surface area (Å²) in [6.07, 6.45) is 0.319. The summed E-state index contributed by atoms with van der Waals surface area (Å²) >= 11 is 1.60. The number of ether oxygens (including phenoxy) is 2. The Morgan fingerprint density at radius 1 is 0.692 bits per heavy atom.